The molecule has 0 saturated heterocycles. The second-order valence-corrected chi connectivity index (χ2v) is 7.44. The molecule has 2 aromatic heterocycles. The second-order valence-electron chi connectivity index (χ2n) is 7.44. The highest BCUT2D eigenvalue weighted by atomic mass is 19.1. The largest absolute Gasteiger partial charge is 0.382 e. The number of carbonyl (C=O) groups excluding carboxylic acids is 1. The number of amides is 1. The van der Waals surface area contributed by atoms with Crippen molar-refractivity contribution in [3.05, 3.63) is 47.5 Å². The average molecular weight is 419 g/mol. The smallest absolute Gasteiger partial charge is 0.261 e. The lowest BCUT2D eigenvalue weighted by Gasteiger charge is -2.30. The number of nitrogens with zero attached hydrogens (tertiary/aromatic N) is 6. The van der Waals surface area contributed by atoms with Crippen LogP contribution in [0, 0.1) is 17.1 Å². The summed E-state index contributed by atoms with van der Waals surface area (Å²) in [6, 6.07) is 7.99. The Hall–Kier alpha value is -3.93. The average Bonchev–Trinajstić information content (AvgIpc) is 3.10. The highest BCUT2D eigenvalue weighted by Gasteiger charge is 2.30. The summed E-state index contributed by atoms with van der Waals surface area (Å²) in [7, 11) is 3.28. The van der Waals surface area contributed by atoms with Gasteiger partial charge in [-0.3, -0.25) is 14.4 Å². The number of rotatable bonds is 3. The minimum atomic E-state index is -0.455. The van der Waals surface area contributed by atoms with Gasteiger partial charge < -0.3 is 10.6 Å². The first-order chi connectivity index (χ1) is 14.9. The monoisotopic (exact) mass is 419 g/mol. The number of aryl methyl sites for hydroxylation is 1. The molecule has 1 aromatic carbocycles. The Balaban J connectivity index is 2.11. The molecule has 0 aliphatic carbocycles. The first-order valence-electron chi connectivity index (χ1n) is 9.95. The summed E-state index contributed by atoms with van der Waals surface area (Å²) in [5.41, 5.74) is 8.79. The number of nitriles is 1. The van der Waals surface area contributed by atoms with E-state index in [-0.39, 0.29) is 17.4 Å². The predicted octanol–water partition coefficient (Wildman–Crippen LogP) is 3.60. The van der Waals surface area contributed by atoms with Crippen molar-refractivity contribution in [1.82, 2.24) is 14.8 Å². The Kier molecular flexibility index (Phi) is 5.07. The predicted molar refractivity (Wildman–Crippen MR) is 117 cm³/mol. The fraction of sp³-hybridized carbons (Fsp3) is 0.273. The number of unbranched alkanes of at least 4 members (excludes halogenated alkanes) is 1. The fourth-order valence-electron chi connectivity index (χ4n) is 3.93. The first kappa shape index (κ1) is 20.3. The molecule has 158 valence electrons. The lowest BCUT2D eigenvalue weighted by Crippen LogP contribution is -2.32. The summed E-state index contributed by atoms with van der Waals surface area (Å²) < 4.78 is 15.8. The minimum Gasteiger partial charge on any atom is -0.382 e. The Morgan fingerprint density at radius 2 is 2.00 bits per heavy atom. The standard InChI is InChI=1S/C22H22FN7O/c1-4-5-8-30-17-10-14(23)6-7-15(17)22(31)28(2)21-19(16(11-24)27-29(21)3)13-9-18(30)20(25)26-12-13/h6-7,9-10,12H,4-5,8H2,1-3H3,(H2,25,26). The molecule has 9 heteroatoms. The molecule has 1 amide bonds. The van der Waals surface area contributed by atoms with Crippen molar-refractivity contribution in [2.75, 3.05) is 29.1 Å². The quantitative estimate of drug-likeness (QED) is 0.696. The van der Waals surface area contributed by atoms with Crippen LogP contribution in [-0.4, -0.2) is 34.3 Å². The molecule has 1 aliphatic rings. The minimum absolute atomic E-state index is 0.176. The normalized spacial score (nSPS) is 12.9. The van der Waals surface area contributed by atoms with Gasteiger partial charge in [-0.1, -0.05) is 13.3 Å². The molecule has 3 aromatic rings. The van der Waals surface area contributed by atoms with E-state index in [0.717, 1.165) is 12.8 Å². The van der Waals surface area contributed by atoms with Crippen molar-refractivity contribution in [3.63, 3.8) is 0 Å². The number of fused-ring (bicyclic) bond motifs is 5. The van der Waals surface area contributed by atoms with Gasteiger partial charge in [0.1, 0.15) is 23.5 Å². The molecule has 0 saturated carbocycles. The van der Waals surface area contributed by atoms with E-state index in [2.05, 4.69) is 16.2 Å². The van der Waals surface area contributed by atoms with Crippen molar-refractivity contribution in [1.29, 1.82) is 5.26 Å². The molecule has 3 heterocycles. The number of hydrogen-bond donors (Lipinski definition) is 1. The molecule has 0 atom stereocenters. The molecule has 31 heavy (non-hydrogen) atoms. The van der Waals surface area contributed by atoms with Crippen molar-refractivity contribution in [3.8, 4) is 17.2 Å². The number of pyridine rings is 1. The van der Waals surface area contributed by atoms with Gasteiger partial charge in [-0.15, -0.1) is 0 Å². The Bertz CT molecular complexity index is 1230. The molecular weight excluding hydrogens is 397 g/mol. The summed E-state index contributed by atoms with van der Waals surface area (Å²) in [5.74, 6) is -0.109. The molecule has 0 spiro atoms. The van der Waals surface area contributed by atoms with Crippen LogP contribution >= 0.6 is 0 Å². The van der Waals surface area contributed by atoms with Crippen LogP contribution in [0.4, 0.5) is 27.4 Å². The molecule has 1 aliphatic heterocycles. The number of aromatic nitrogens is 3. The van der Waals surface area contributed by atoms with Crippen LogP contribution < -0.4 is 15.5 Å². The zero-order chi connectivity index (χ0) is 22.3. The second kappa shape index (κ2) is 7.72. The van der Waals surface area contributed by atoms with Crippen LogP contribution in [0.5, 0.6) is 0 Å². The van der Waals surface area contributed by atoms with E-state index in [0.29, 0.717) is 40.4 Å². The molecular formula is C22H22FN7O. The van der Waals surface area contributed by atoms with Crippen molar-refractivity contribution >= 4 is 28.9 Å². The van der Waals surface area contributed by atoms with Gasteiger partial charge in [0.25, 0.3) is 5.91 Å². The number of benzene rings is 1. The zero-order valence-electron chi connectivity index (χ0n) is 17.6. The molecule has 2 bridgehead atoms. The van der Waals surface area contributed by atoms with Gasteiger partial charge in [-0.05, 0) is 30.7 Å². The van der Waals surface area contributed by atoms with Gasteiger partial charge >= 0.3 is 0 Å². The molecule has 4 rings (SSSR count). The lowest BCUT2D eigenvalue weighted by atomic mass is 10.0. The third-order valence-corrected chi connectivity index (χ3v) is 5.44. The maximum atomic E-state index is 14.3. The van der Waals surface area contributed by atoms with Crippen molar-refractivity contribution in [2.24, 2.45) is 7.05 Å². The van der Waals surface area contributed by atoms with E-state index < -0.39 is 5.82 Å². The Morgan fingerprint density at radius 3 is 2.71 bits per heavy atom. The summed E-state index contributed by atoms with van der Waals surface area (Å²) in [4.78, 5) is 21.2. The van der Waals surface area contributed by atoms with Crippen LogP contribution in [0.15, 0.2) is 30.5 Å². The topological polar surface area (TPSA) is 104 Å². The number of carbonyl (C=O) groups is 1. The SMILES string of the molecule is CCCCN1c2cc(F)ccc2C(=O)N(C)c2c(c(C#N)nn2C)-c2cnc(N)c1c2. The van der Waals surface area contributed by atoms with Gasteiger partial charge in [0.05, 0.1) is 22.5 Å². The van der Waals surface area contributed by atoms with Gasteiger partial charge in [-0.2, -0.15) is 10.4 Å². The van der Waals surface area contributed by atoms with Gasteiger partial charge in [0.2, 0.25) is 0 Å². The summed E-state index contributed by atoms with van der Waals surface area (Å²) in [5, 5.41) is 13.9. The van der Waals surface area contributed by atoms with Crippen LogP contribution in [0.1, 0.15) is 35.8 Å². The Labute approximate surface area is 179 Å². The van der Waals surface area contributed by atoms with E-state index in [1.807, 2.05) is 17.9 Å². The third-order valence-electron chi connectivity index (χ3n) is 5.44. The van der Waals surface area contributed by atoms with E-state index in [4.69, 9.17) is 5.73 Å². The van der Waals surface area contributed by atoms with Crippen LogP contribution in [-0.2, 0) is 7.05 Å². The van der Waals surface area contributed by atoms with Crippen molar-refractivity contribution in [2.45, 2.75) is 19.8 Å². The summed E-state index contributed by atoms with van der Waals surface area (Å²) in [6.07, 6.45) is 3.25. The van der Waals surface area contributed by atoms with E-state index in [1.165, 1.54) is 27.8 Å². The van der Waals surface area contributed by atoms with E-state index in [1.54, 1.807) is 20.3 Å². The maximum absolute atomic E-state index is 14.3. The summed E-state index contributed by atoms with van der Waals surface area (Å²) >= 11 is 0. The highest BCUT2D eigenvalue weighted by molar-refractivity contribution is 6.11. The number of halogens is 1. The van der Waals surface area contributed by atoms with Gasteiger partial charge in [0, 0.05) is 32.4 Å². The summed E-state index contributed by atoms with van der Waals surface area (Å²) in [6.45, 7) is 2.57. The number of anilines is 4. The third kappa shape index (κ3) is 3.26. The van der Waals surface area contributed by atoms with E-state index in [9.17, 15) is 14.4 Å². The van der Waals surface area contributed by atoms with E-state index >= 15 is 0 Å². The number of nitrogen functional groups attached to an aromatic ring is 1. The first-order valence-corrected chi connectivity index (χ1v) is 9.95. The van der Waals surface area contributed by atoms with Crippen LogP contribution in [0.3, 0.4) is 0 Å². The lowest BCUT2D eigenvalue weighted by molar-refractivity contribution is 0.0992. The zero-order valence-corrected chi connectivity index (χ0v) is 17.6. The highest BCUT2D eigenvalue weighted by Crippen LogP contribution is 2.41. The van der Waals surface area contributed by atoms with Crippen LogP contribution in [0.2, 0.25) is 0 Å². The number of nitrogens with two attached hydrogens (primary N) is 1. The Morgan fingerprint density at radius 1 is 1.23 bits per heavy atom. The molecule has 0 fully saturated rings. The van der Waals surface area contributed by atoms with Gasteiger partial charge in [0.15, 0.2) is 5.69 Å². The van der Waals surface area contributed by atoms with Crippen molar-refractivity contribution < 1.29 is 9.18 Å². The molecule has 0 unspecified atom stereocenters. The fourth-order valence-corrected chi connectivity index (χ4v) is 3.93. The maximum Gasteiger partial charge on any atom is 0.261 e. The van der Waals surface area contributed by atoms with Crippen LogP contribution in [0.25, 0.3) is 11.1 Å². The molecule has 0 radical (unpaired) electrons. The number of hydrogen-bond acceptors (Lipinski definition) is 6. The molecule has 2 N–H and O–H groups in total. The van der Waals surface area contributed by atoms with Gasteiger partial charge in [-0.25, -0.2) is 9.37 Å². The molecule has 8 nitrogen and oxygen atoms in total.